The highest BCUT2D eigenvalue weighted by molar-refractivity contribution is 5.33. The van der Waals surface area contributed by atoms with Gasteiger partial charge in [0.25, 0.3) is 0 Å². The lowest BCUT2D eigenvalue weighted by Gasteiger charge is -2.41. The van der Waals surface area contributed by atoms with Crippen molar-refractivity contribution < 1.29 is 33.4 Å². The Morgan fingerprint density at radius 2 is 1.40 bits per heavy atom. The highest BCUT2D eigenvalue weighted by atomic mass is 17.0. The molecule has 0 fully saturated rings. The summed E-state index contributed by atoms with van der Waals surface area (Å²) in [5.41, 5.74) is 0.531. The van der Waals surface area contributed by atoms with Gasteiger partial charge >= 0.3 is 11.9 Å². The molecular formula is C12H21NO7. The maximum atomic E-state index is 5.71. The third kappa shape index (κ3) is 2.42. The van der Waals surface area contributed by atoms with Crippen LogP contribution in [0.25, 0.3) is 0 Å². The lowest BCUT2D eigenvalue weighted by atomic mass is 10.1. The first kappa shape index (κ1) is 16.6. The van der Waals surface area contributed by atoms with Gasteiger partial charge < -0.3 is 23.7 Å². The number of hydrogen-bond acceptors (Lipinski definition) is 8. The van der Waals surface area contributed by atoms with Gasteiger partial charge in [-0.15, -0.1) is 0 Å². The van der Waals surface area contributed by atoms with E-state index in [1.807, 2.05) is 0 Å². The predicted molar refractivity (Wildman–Crippen MR) is 67.4 cm³/mol. The van der Waals surface area contributed by atoms with Crippen LogP contribution in [0, 0.1) is 0 Å². The van der Waals surface area contributed by atoms with Crippen molar-refractivity contribution in [3.63, 3.8) is 0 Å². The third-order valence-electron chi connectivity index (χ3n) is 2.88. The highest BCUT2D eigenvalue weighted by Gasteiger charge is 2.51. The van der Waals surface area contributed by atoms with Crippen molar-refractivity contribution in [2.24, 2.45) is 0 Å². The standard InChI is InChI=1S/C12H21NO7/c1-8-9(14-2)10(15-3)11(16-4)20-12(8,17-5)13(18-6)19-7/h1-7H3. The summed E-state index contributed by atoms with van der Waals surface area (Å²) in [4.78, 5) is 10.2. The van der Waals surface area contributed by atoms with Crippen LogP contribution in [0.3, 0.4) is 0 Å². The first-order valence-corrected chi connectivity index (χ1v) is 5.76. The van der Waals surface area contributed by atoms with Crippen molar-refractivity contribution >= 4 is 0 Å². The van der Waals surface area contributed by atoms with Gasteiger partial charge in [0.05, 0.1) is 41.1 Å². The Morgan fingerprint density at radius 3 is 1.75 bits per heavy atom. The quantitative estimate of drug-likeness (QED) is 0.511. The molecule has 20 heavy (non-hydrogen) atoms. The van der Waals surface area contributed by atoms with E-state index in [2.05, 4.69) is 0 Å². The second-order valence-electron chi connectivity index (χ2n) is 3.69. The molecule has 1 unspecified atom stereocenters. The van der Waals surface area contributed by atoms with E-state index >= 15 is 0 Å². The first-order valence-electron chi connectivity index (χ1n) is 5.76. The molecule has 8 heteroatoms. The van der Waals surface area contributed by atoms with E-state index in [0.717, 1.165) is 5.23 Å². The van der Waals surface area contributed by atoms with Crippen molar-refractivity contribution in [1.29, 1.82) is 0 Å². The molecule has 0 spiro atoms. The summed E-state index contributed by atoms with van der Waals surface area (Å²) in [7, 11) is 8.68. The van der Waals surface area contributed by atoms with Gasteiger partial charge in [-0.2, -0.15) is 0 Å². The SMILES string of the molecule is COC1=C(OC)C(OC)=C(C)C(OC)(N(OC)OC)O1. The fourth-order valence-electron chi connectivity index (χ4n) is 1.97. The summed E-state index contributed by atoms with van der Waals surface area (Å²) >= 11 is 0. The van der Waals surface area contributed by atoms with Gasteiger partial charge in [0.2, 0.25) is 5.76 Å². The van der Waals surface area contributed by atoms with Gasteiger partial charge in [0, 0.05) is 12.3 Å². The van der Waals surface area contributed by atoms with E-state index < -0.39 is 5.91 Å². The van der Waals surface area contributed by atoms with Gasteiger partial charge in [-0.25, -0.2) is 0 Å². The van der Waals surface area contributed by atoms with E-state index in [0.29, 0.717) is 17.1 Å². The summed E-state index contributed by atoms with van der Waals surface area (Å²) in [6.07, 6.45) is 0. The molecule has 1 rings (SSSR count). The molecule has 8 nitrogen and oxygen atoms in total. The molecule has 0 bridgehead atoms. The summed E-state index contributed by atoms with van der Waals surface area (Å²) in [5, 5.41) is 1.03. The largest absolute Gasteiger partial charge is 0.492 e. The summed E-state index contributed by atoms with van der Waals surface area (Å²) in [6, 6.07) is 0. The van der Waals surface area contributed by atoms with Crippen molar-refractivity contribution in [2.45, 2.75) is 12.8 Å². The second-order valence-corrected chi connectivity index (χ2v) is 3.69. The molecule has 1 aliphatic rings. The minimum atomic E-state index is -1.50. The molecule has 0 radical (unpaired) electrons. The van der Waals surface area contributed by atoms with E-state index in [9.17, 15) is 0 Å². The van der Waals surface area contributed by atoms with Crippen LogP contribution < -0.4 is 0 Å². The van der Waals surface area contributed by atoms with Crippen molar-refractivity contribution in [2.75, 3.05) is 42.7 Å². The number of nitrogens with zero attached hydrogens (tertiary/aromatic N) is 1. The molecule has 0 amide bonds. The van der Waals surface area contributed by atoms with E-state index in [4.69, 9.17) is 33.4 Å². The molecule has 0 aliphatic carbocycles. The lowest BCUT2D eigenvalue weighted by Crippen LogP contribution is -2.54. The molecule has 1 aliphatic heterocycles. The van der Waals surface area contributed by atoms with Gasteiger partial charge in [0.1, 0.15) is 0 Å². The van der Waals surface area contributed by atoms with Crippen LogP contribution in [-0.4, -0.2) is 53.8 Å². The Bertz CT molecular complexity index is 403. The number of methoxy groups -OCH3 is 4. The number of ether oxygens (including phenoxy) is 5. The van der Waals surface area contributed by atoms with Crippen LogP contribution in [-0.2, 0) is 33.4 Å². The fourth-order valence-corrected chi connectivity index (χ4v) is 1.97. The topological polar surface area (TPSA) is 67.9 Å². The smallest absolute Gasteiger partial charge is 0.349 e. The zero-order chi connectivity index (χ0) is 15.3. The Morgan fingerprint density at radius 1 is 0.850 bits per heavy atom. The molecule has 0 saturated heterocycles. The molecule has 1 atom stereocenters. The average Bonchev–Trinajstić information content (AvgIpc) is 2.49. The van der Waals surface area contributed by atoms with Gasteiger partial charge in [-0.3, -0.25) is 9.68 Å². The number of hydroxylamine groups is 2. The minimum absolute atomic E-state index is 0.0795. The Labute approximate surface area is 118 Å². The first-order chi connectivity index (χ1) is 9.55. The Kier molecular flexibility index (Phi) is 5.63. The molecule has 0 aromatic heterocycles. The average molecular weight is 291 g/mol. The molecule has 0 saturated carbocycles. The second kappa shape index (κ2) is 6.80. The van der Waals surface area contributed by atoms with Crippen LogP contribution in [0.4, 0.5) is 0 Å². The monoisotopic (exact) mass is 291 g/mol. The van der Waals surface area contributed by atoms with Crippen LogP contribution >= 0.6 is 0 Å². The van der Waals surface area contributed by atoms with Gasteiger partial charge in [0.15, 0.2) is 5.76 Å². The Balaban J connectivity index is 3.45. The predicted octanol–water partition coefficient (Wildman–Crippen LogP) is 1.12. The van der Waals surface area contributed by atoms with Crippen molar-refractivity contribution in [1.82, 2.24) is 5.23 Å². The van der Waals surface area contributed by atoms with E-state index in [1.165, 1.54) is 42.7 Å². The summed E-state index contributed by atoms with van der Waals surface area (Å²) in [5.74, 6) is -0.706. The van der Waals surface area contributed by atoms with Crippen LogP contribution in [0.5, 0.6) is 0 Å². The molecule has 0 aromatic carbocycles. The van der Waals surface area contributed by atoms with Crippen LogP contribution in [0.2, 0.25) is 0 Å². The van der Waals surface area contributed by atoms with Crippen molar-refractivity contribution in [3.05, 3.63) is 23.0 Å². The van der Waals surface area contributed by atoms with Crippen molar-refractivity contribution in [3.8, 4) is 0 Å². The number of rotatable bonds is 7. The molecule has 0 N–H and O–H groups in total. The van der Waals surface area contributed by atoms with Crippen LogP contribution in [0.15, 0.2) is 23.0 Å². The zero-order valence-corrected chi connectivity index (χ0v) is 12.8. The summed E-state index contributed by atoms with van der Waals surface area (Å²) < 4.78 is 26.9. The van der Waals surface area contributed by atoms with E-state index in [-0.39, 0.29) is 5.95 Å². The maximum Gasteiger partial charge on any atom is 0.349 e. The molecule has 0 aromatic rings. The molecular weight excluding hydrogens is 270 g/mol. The van der Waals surface area contributed by atoms with Gasteiger partial charge in [-0.1, -0.05) is 0 Å². The fraction of sp³-hybridized carbons (Fsp3) is 0.667. The highest BCUT2D eigenvalue weighted by Crippen LogP contribution is 2.40. The molecule has 116 valence electrons. The normalized spacial score (nSPS) is 23.0. The Hall–Kier alpha value is -1.48. The van der Waals surface area contributed by atoms with Gasteiger partial charge in [-0.05, 0) is 6.92 Å². The molecule has 1 heterocycles. The number of hydrogen-bond donors (Lipinski definition) is 0. The van der Waals surface area contributed by atoms with Crippen LogP contribution in [0.1, 0.15) is 6.92 Å². The minimum Gasteiger partial charge on any atom is -0.492 e. The third-order valence-corrected chi connectivity index (χ3v) is 2.88. The maximum absolute atomic E-state index is 5.71. The summed E-state index contributed by atoms with van der Waals surface area (Å²) in [6.45, 7) is 1.73. The lowest BCUT2D eigenvalue weighted by molar-refractivity contribution is -0.489. The zero-order valence-electron chi connectivity index (χ0n) is 12.8. The van der Waals surface area contributed by atoms with E-state index in [1.54, 1.807) is 6.92 Å².